The summed E-state index contributed by atoms with van der Waals surface area (Å²) < 4.78 is 0. The van der Waals surface area contributed by atoms with Crippen molar-refractivity contribution in [1.29, 1.82) is 0 Å². The summed E-state index contributed by atoms with van der Waals surface area (Å²) in [5, 5.41) is 10.6. The highest BCUT2D eigenvalue weighted by Crippen LogP contribution is 2.64. The predicted octanol–water partition coefficient (Wildman–Crippen LogP) is 5.21. The molecule has 1 aromatic rings. The van der Waals surface area contributed by atoms with E-state index in [4.69, 9.17) is 0 Å². The SMILES string of the molecule is C[C@@]1(O)CC[C@H]2[C@H](CC[C@@H]3[C@@H]2CC[C@]2(C)[C@@H](C(=O)Cc4ccncc4)CC[C@@H]32)C1. The lowest BCUT2D eigenvalue weighted by Crippen LogP contribution is -2.51. The zero-order valence-electron chi connectivity index (χ0n) is 18.1. The molecule has 0 unspecified atom stereocenters. The van der Waals surface area contributed by atoms with Crippen LogP contribution in [-0.4, -0.2) is 21.5 Å². The van der Waals surface area contributed by atoms with E-state index in [1.165, 1.54) is 38.5 Å². The first-order chi connectivity index (χ1) is 13.9. The van der Waals surface area contributed by atoms with Gasteiger partial charge in [0, 0.05) is 24.7 Å². The van der Waals surface area contributed by atoms with Gasteiger partial charge < -0.3 is 5.11 Å². The molecule has 0 radical (unpaired) electrons. The van der Waals surface area contributed by atoms with Crippen LogP contribution >= 0.6 is 0 Å². The van der Waals surface area contributed by atoms with Crippen molar-refractivity contribution in [3.8, 4) is 0 Å². The number of fused-ring (bicyclic) bond motifs is 5. The van der Waals surface area contributed by atoms with Gasteiger partial charge in [-0.1, -0.05) is 6.92 Å². The molecule has 4 aliphatic rings. The van der Waals surface area contributed by atoms with Gasteiger partial charge in [-0.15, -0.1) is 0 Å². The van der Waals surface area contributed by atoms with Gasteiger partial charge in [0.05, 0.1) is 5.60 Å². The number of ketones is 1. The van der Waals surface area contributed by atoms with E-state index < -0.39 is 5.60 Å². The van der Waals surface area contributed by atoms with Gasteiger partial charge in [-0.3, -0.25) is 9.78 Å². The van der Waals surface area contributed by atoms with E-state index in [2.05, 4.69) is 11.9 Å². The Bertz CT molecular complexity index is 759. The number of aliphatic hydroxyl groups is 1. The Morgan fingerprint density at radius 3 is 2.55 bits per heavy atom. The highest BCUT2D eigenvalue weighted by molar-refractivity contribution is 5.84. The van der Waals surface area contributed by atoms with Crippen molar-refractivity contribution in [1.82, 2.24) is 4.98 Å². The number of rotatable bonds is 3. The zero-order valence-corrected chi connectivity index (χ0v) is 18.1. The van der Waals surface area contributed by atoms with E-state index in [0.717, 1.165) is 54.4 Å². The van der Waals surface area contributed by atoms with Crippen LogP contribution in [0.25, 0.3) is 0 Å². The first-order valence-corrected chi connectivity index (χ1v) is 12.0. The molecular formula is C26H37NO2. The van der Waals surface area contributed by atoms with E-state index in [9.17, 15) is 9.90 Å². The second kappa shape index (κ2) is 7.18. The highest BCUT2D eigenvalue weighted by atomic mass is 16.3. The summed E-state index contributed by atoms with van der Waals surface area (Å²) in [6.07, 6.45) is 14.9. The maximum atomic E-state index is 13.3. The lowest BCUT2D eigenvalue weighted by molar-refractivity contribution is -0.131. The predicted molar refractivity (Wildman–Crippen MR) is 114 cm³/mol. The molecule has 0 amide bonds. The van der Waals surface area contributed by atoms with Gasteiger partial charge >= 0.3 is 0 Å². The topological polar surface area (TPSA) is 50.2 Å². The van der Waals surface area contributed by atoms with Crippen molar-refractivity contribution >= 4 is 5.78 Å². The Hall–Kier alpha value is -1.22. The molecule has 4 fully saturated rings. The molecule has 5 rings (SSSR count). The molecule has 4 saturated carbocycles. The molecule has 0 saturated heterocycles. The fourth-order valence-corrected chi connectivity index (χ4v) is 8.44. The third-order valence-electron chi connectivity index (χ3n) is 9.75. The second-order valence-corrected chi connectivity index (χ2v) is 11.3. The molecule has 0 spiro atoms. The molecule has 3 heteroatoms. The van der Waals surface area contributed by atoms with Gasteiger partial charge in [0.2, 0.25) is 0 Å². The quantitative estimate of drug-likeness (QED) is 0.764. The summed E-state index contributed by atoms with van der Waals surface area (Å²) >= 11 is 0. The van der Waals surface area contributed by atoms with E-state index >= 15 is 0 Å². The number of hydrogen-bond acceptors (Lipinski definition) is 3. The normalized spacial score (nSPS) is 46.4. The molecule has 1 aromatic heterocycles. The molecule has 8 atom stereocenters. The van der Waals surface area contributed by atoms with Crippen LogP contribution in [0.3, 0.4) is 0 Å². The van der Waals surface area contributed by atoms with Gasteiger partial charge in [-0.25, -0.2) is 0 Å². The molecular weight excluding hydrogens is 358 g/mol. The largest absolute Gasteiger partial charge is 0.390 e. The molecule has 0 aromatic carbocycles. The van der Waals surface area contributed by atoms with Crippen LogP contribution in [-0.2, 0) is 11.2 Å². The minimum absolute atomic E-state index is 0.207. The van der Waals surface area contributed by atoms with Crippen LogP contribution in [0.15, 0.2) is 24.5 Å². The fraction of sp³-hybridized carbons (Fsp3) is 0.769. The molecule has 158 valence electrons. The summed E-state index contributed by atoms with van der Waals surface area (Å²) in [6, 6.07) is 3.98. The maximum Gasteiger partial charge on any atom is 0.140 e. The monoisotopic (exact) mass is 395 g/mol. The van der Waals surface area contributed by atoms with Crippen LogP contribution < -0.4 is 0 Å². The molecule has 4 aliphatic carbocycles. The van der Waals surface area contributed by atoms with E-state index in [0.29, 0.717) is 12.2 Å². The molecule has 1 N–H and O–H groups in total. The van der Waals surface area contributed by atoms with Gasteiger partial charge in [-0.2, -0.15) is 0 Å². The Labute approximate surface area is 175 Å². The minimum Gasteiger partial charge on any atom is -0.390 e. The van der Waals surface area contributed by atoms with Crippen molar-refractivity contribution in [2.24, 2.45) is 40.9 Å². The molecule has 0 aliphatic heterocycles. The summed E-state index contributed by atoms with van der Waals surface area (Å²) in [5.74, 6) is 4.65. The van der Waals surface area contributed by atoms with Gasteiger partial charge in [0.1, 0.15) is 5.78 Å². The fourth-order valence-electron chi connectivity index (χ4n) is 8.44. The van der Waals surface area contributed by atoms with Crippen LogP contribution in [0.1, 0.15) is 77.2 Å². The lowest BCUT2D eigenvalue weighted by atomic mass is 9.49. The smallest absolute Gasteiger partial charge is 0.140 e. The number of nitrogens with zero attached hydrogens (tertiary/aromatic N) is 1. The number of Topliss-reactive ketones (excluding diaryl/α,β-unsaturated/α-hetero) is 1. The number of pyridine rings is 1. The van der Waals surface area contributed by atoms with Gasteiger partial charge in [0.25, 0.3) is 0 Å². The Kier molecular flexibility index (Phi) is 4.89. The summed E-state index contributed by atoms with van der Waals surface area (Å²) in [6.45, 7) is 4.50. The third kappa shape index (κ3) is 3.38. The number of carbonyl (C=O) groups excluding carboxylic acids is 1. The molecule has 1 heterocycles. The number of hydrogen-bond donors (Lipinski definition) is 1. The number of carbonyl (C=O) groups is 1. The lowest BCUT2D eigenvalue weighted by Gasteiger charge is -2.56. The summed E-state index contributed by atoms with van der Waals surface area (Å²) in [7, 11) is 0. The van der Waals surface area contributed by atoms with Crippen LogP contribution in [0.2, 0.25) is 0 Å². The maximum absolute atomic E-state index is 13.3. The first kappa shape index (κ1) is 19.7. The number of aromatic nitrogens is 1. The molecule has 3 nitrogen and oxygen atoms in total. The average Bonchev–Trinajstić information content (AvgIpc) is 3.05. The van der Waals surface area contributed by atoms with Crippen LogP contribution in [0, 0.1) is 40.9 Å². The van der Waals surface area contributed by atoms with Crippen molar-refractivity contribution in [3.05, 3.63) is 30.1 Å². The third-order valence-corrected chi connectivity index (χ3v) is 9.75. The Balaban J connectivity index is 1.31. The van der Waals surface area contributed by atoms with Crippen LogP contribution in [0.4, 0.5) is 0 Å². The molecule has 0 bridgehead atoms. The molecule has 29 heavy (non-hydrogen) atoms. The average molecular weight is 396 g/mol. The standard InChI is InChI=1S/C26H37NO2/c1-25(29)11-7-19-18(16-25)3-4-21-20(19)8-12-26(2)22(21)5-6-23(26)24(28)15-17-9-13-27-14-10-17/h9-10,13-14,18-23,29H,3-8,11-12,15-16H2,1-2H3/t18-,19+,20-,21-,22+,23-,25-,26+/m1/s1. The minimum atomic E-state index is -0.435. The first-order valence-electron chi connectivity index (χ1n) is 12.0. The van der Waals surface area contributed by atoms with Gasteiger partial charge in [0.15, 0.2) is 0 Å². The van der Waals surface area contributed by atoms with E-state index in [-0.39, 0.29) is 11.3 Å². The Morgan fingerprint density at radius 1 is 1.00 bits per heavy atom. The van der Waals surface area contributed by atoms with Crippen molar-refractivity contribution in [2.45, 2.75) is 83.7 Å². The van der Waals surface area contributed by atoms with E-state index in [1.54, 1.807) is 12.4 Å². The van der Waals surface area contributed by atoms with Crippen molar-refractivity contribution in [2.75, 3.05) is 0 Å². The van der Waals surface area contributed by atoms with E-state index in [1.807, 2.05) is 19.1 Å². The summed E-state index contributed by atoms with van der Waals surface area (Å²) in [4.78, 5) is 17.4. The highest BCUT2D eigenvalue weighted by Gasteiger charge is 2.58. The van der Waals surface area contributed by atoms with Crippen molar-refractivity contribution < 1.29 is 9.90 Å². The van der Waals surface area contributed by atoms with Gasteiger partial charge in [-0.05, 0) is 117 Å². The van der Waals surface area contributed by atoms with Crippen molar-refractivity contribution in [3.63, 3.8) is 0 Å². The summed E-state index contributed by atoms with van der Waals surface area (Å²) in [5.41, 5.74) is 0.883. The Morgan fingerprint density at radius 2 is 1.76 bits per heavy atom. The van der Waals surface area contributed by atoms with Crippen LogP contribution in [0.5, 0.6) is 0 Å². The zero-order chi connectivity index (χ0) is 20.2. The second-order valence-electron chi connectivity index (χ2n) is 11.3.